The molecule has 0 radical (unpaired) electrons. The number of aromatic nitrogens is 3. The van der Waals surface area contributed by atoms with E-state index in [9.17, 15) is 4.79 Å². The Morgan fingerprint density at radius 2 is 2.12 bits per heavy atom. The van der Waals surface area contributed by atoms with Gasteiger partial charge in [-0.15, -0.1) is 11.3 Å². The molecule has 2 aromatic heterocycles. The van der Waals surface area contributed by atoms with Crippen LogP contribution < -0.4 is 5.56 Å². The normalized spacial score (nSPS) is 10.7. The summed E-state index contributed by atoms with van der Waals surface area (Å²) in [7, 11) is 0. The van der Waals surface area contributed by atoms with Gasteiger partial charge in [-0.25, -0.2) is 9.97 Å². The van der Waals surface area contributed by atoms with Crippen molar-refractivity contribution in [2.24, 2.45) is 0 Å². The number of hydrogen-bond acceptors (Lipinski definition) is 4. The van der Waals surface area contributed by atoms with E-state index < -0.39 is 0 Å². The van der Waals surface area contributed by atoms with E-state index in [0.29, 0.717) is 12.2 Å². The van der Waals surface area contributed by atoms with E-state index in [1.165, 1.54) is 11.3 Å². The van der Waals surface area contributed by atoms with Crippen LogP contribution in [0.1, 0.15) is 23.9 Å². The van der Waals surface area contributed by atoms with E-state index in [-0.39, 0.29) is 5.56 Å². The van der Waals surface area contributed by atoms with Gasteiger partial charge in [0.05, 0.1) is 0 Å². The van der Waals surface area contributed by atoms with E-state index in [4.69, 9.17) is 0 Å². The summed E-state index contributed by atoms with van der Waals surface area (Å²) in [6.45, 7) is 5.73. The van der Waals surface area contributed by atoms with Crippen molar-refractivity contribution in [1.29, 1.82) is 0 Å². The molecular formula is C11H13N3OS. The number of aromatic amines is 1. The van der Waals surface area contributed by atoms with Crippen LogP contribution in [0.2, 0.25) is 0 Å². The van der Waals surface area contributed by atoms with Gasteiger partial charge in [-0.3, -0.25) is 4.79 Å². The summed E-state index contributed by atoms with van der Waals surface area (Å²) in [5.74, 6) is 0.567. The number of H-pyrrole nitrogens is 1. The van der Waals surface area contributed by atoms with Gasteiger partial charge in [-0.05, 0) is 20.3 Å². The fourth-order valence-electron chi connectivity index (χ4n) is 1.59. The second-order valence-corrected chi connectivity index (χ2v) is 4.48. The predicted octanol–water partition coefficient (Wildman–Crippen LogP) is 2.07. The first kappa shape index (κ1) is 11.0. The Hall–Kier alpha value is -1.49. The van der Waals surface area contributed by atoms with Gasteiger partial charge in [0.2, 0.25) is 0 Å². The molecule has 0 aliphatic heterocycles. The summed E-state index contributed by atoms with van der Waals surface area (Å²) < 4.78 is 0. The molecule has 0 unspecified atom stereocenters. The molecule has 0 spiro atoms. The number of rotatable bonds is 2. The first-order valence-corrected chi connectivity index (χ1v) is 6.02. The summed E-state index contributed by atoms with van der Waals surface area (Å²) in [5, 5.41) is 2.71. The van der Waals surface area contributed by atoms with Gasteiger partial charge in [0.1, 0.15) is 0 Å². The fraction of sp³-hybridized carbons (Fsp3) is 0.364. The molecule has 84 valence electrons. The monoisotopic (exact) mass is 235 g/mol. The molecule has 0 amide bonds. The van der Waals surface area contributed by atoms with Crippen LogP contribution in [-0.2, 0) is 6.42 Å². The standard InChI is InChI=1S/C11H13N3OS/c1-4-8-7(3)13-9(14-10(8)15)11-12-6(2)5-16-11/h5H,4H2,1-3H3,(H,13,14,15). The SMILES string of the molecule is CCc1c(C)nc(-c2nc(C)cs2)[nH]c1=O. The maximum atomic E-state index is 11.8. The van der Waals surface area contributed by atoms with Gasteiger partial charge >= 0.3 is 0 Å². The van der Waals surface area contributed by atoms with Crippen molar-refractivity contribution in [2.45, 2.75) is 27.2 Å². The molecule has 0 saturated carbocycles. The smallest absolute Gasteiger partial charge is 0.254 e. The number of nitrogens with one attached hydrogen (secondary N) is 1. The van der Waals surface area contributed by atoms with Crippen LogP contribution in [0.5, 0.6) is 0 Å². The minimum Gasteiger partial charge on any atom is -0.304 e. The van der Waals surface area contributed by atoms with E-state index in [0.717, 1.165) is 22.0 Å². The zero-order valence-electron chi connectivity index (χ0n) is 9.50. The van der Waals surface area contributed by atoms with Gasteiger partial charge in [0, 0.05) is 22.3 Å². The third-order valence-corrected chi connectivity index (χ3v) is 3.36. The molecule has 0 aliphatic carbocycles. The van der Waals surface area contributed by atoms with Crippen molar-refractivity contribution in [3.05, 3.63) is 32.7 Å². The first-order valence-electron chi connectivity index (χ1n) is 5.14. The lowest BCUT2D eigenvalue weighted by molar-refractivity contribution is 0.965. The van der Waals surface area contributed by atoms with Gasteiger partial charge in [0.15, 0.2) is 10.8 Å². The highest BCUT2D eigenvalue weighted by molar-refractivity contribution is 7.13. The van der Waals surface area contributed by atoms with Gasteiger partial charge in [-0.1, -0.05) is 6.92 Å². The van der Waals surface area contributed by atoms with Crippen molar-refractivity contribution in [2.75, 3.05) is 0 Å². The van der Waals surface area contributed by atoms with Gasteiger partial charge < -0.3 is 4.98 Å². The Bertz CT molecular complexity index is 571. The largest absolute Gasteiger partial charge is 0.304 e. The van der Waals surface area contributed by atoms with Crippen LogP contribution in [0.25, 0.3) is 10.8 Å². The van der Waals surface area contributed by atoms with Crippen molar-refractivity contribution in [3.63, 3.8) is 0 Å². The number of nitrogens with zero attached hydrogens (tertiary/aromatic N) is 2. The van der Waals surface area contributed by atoms with Gasteiger partial charge in [-0.2, -0.15) is 0 Å². The fourth-order valence-corrected chi connectivity index (χ4v) is 2.33. The van der Waals surface area contributed by atoms with Crippen LogP contribution in [-0.4, -0.2) is 15.0 Å². The number of thiazole rings is 1. The zero-order chi connectivity index (χ0) is 11.7. The Labute approximate surface area is 97.4 Å². The third kappa shape index (κ3) is 1.90. The van der Waals surface area contributed by atoms with Crippen molar-refractivity contribution in [1.82, 2.24) is 15.0 Å². The Morgan fingerprint density at radius 1 is 1.38 bits per heavy atom. The molecule has 0 bridgehead atoms. The van der Waals surface area contributed by atoms with Gasteiger partial charge in [0.25, 0.3) is 5.56 Å². The lowest BCUT2D eigenvalue weighted by atomic mass is 10.2. The topological polar surface area (TPSA) is 58.6 Å². The first-order chi connectivity index (χ1) is 7.61. The Kier molecular flexibility index (Phi) is 2.87. The minimum absolute atomic E-state index is 0.0575. The van der Waals surface area contributed by atoms with E-state index >= 15 is 0 Å². The summed E-state index contributed by atoms with van der Waals surface area (Å²) in [6.07, 6.45) is 0.700. The summed E-state index contributed by atoms with van der Waals surface area (Å²) in [5.41, 5.74) is 2.42. The maximum absolute atomic E-state index is 11.8. The molecule has 1 N–H and O–H groups in total. The zero-order valence-corrected chi connectivity index (χ0v) is 10.3. The minimum atomic E-state index is -0.0575. The second-order valence-electron chi connectivity index (χ2n) is 3.63. The Morgan fingerprint density at radius 3 is 2.62 bits per heavy atom. The van der Waals surface area contributed by atoms with E-state index in [2.05, 4.69) is 15.0 Å². The van der Waals surface area contributed by atoms with Crippen LogP contribution in [0.3, 0.4) is 0 Å². The van der Waals surface area contributed by atoms with Crippen LogP contribution in [0, 0.1) is 13.8 Å². The molecular weight excluding hydrogens is 222 g/mol. The highest BCUT2D eigenvalue weighted by Crippen LogP contribution is 2.19. The lowest BCUT2D eigenvalue weighted by Crippen LogP contribution is -2.16. The highest BCUT2D eigenvalue weighted by Gasteiger charge is 2.09. The molecule has 0 fully saturated rings. The van der Waals surface area contributed by atoms with Crippen molar-refractivity contribution < 1.29 is 0 Å². The molecule has 5 heteroatoms. The molecule has 2 rings (SSSR count). The van der Waals surface area contributed by atoms with Crippen molar-refractivity contribution >= 4 is 11.3 Å². The molecule has 2 heterocycles. The number of hydrogen-bond donors (Lipinski definition) is 1. The summed E-state index contributed by atoms with van der Waals surface area (Å²) in [6, 6.07) is 0. The maximum Gasteiger partial charge on any atom is 0.254 e. The molecule has 2 aromatic rings. The predicted molar refractivity (Wildman–Crippen MR) is 64.8 cm³/mol. The summed E-state index contributed by atoms with van der Waals surface area (Å²) >= 11 is 1.49. The second kappa shape index (κ2) is 4.17. The number of aryl methyl sites for hydroxylation is 2. The highest BCUT2D eigenvalue weighted by atomic mass is 32.1. The molecule has 4 nitrogen and oxygen atoms in total. The van der Waals surface area contributed by atoms with E-state index in [1.807, 2.05) is 26.2 Å². The molecule has 0 saturated heterocycles. The molecule has 16 heavy (non-hydrogen) atoms. The third-order valence-electron chi connectivity index (χ3n) is 2.40. The molecule has 0 atom stereocenters. The summed E-state index contributed by atoms with van der Waals surface area (Å²) in [4.78, 5) is 23.2. The van der Waals surface area contributed by atoms with Crippen LogP contribution in [0.4, 0.5) is 0 Å². The lowest BCUT2D eigenvalue weighted by Gasteiger charge is -2.02. The Balaban J connectivity index is 2.56. The average Bonchev–Trinajstić information content (AvgIpc) is 2.64. The van der Waals surface area contributed by atoms with Crippen LogP contribution >= 0.6 is 11.3 Å². The quantitative estimate of drug-likeness (QED) is 0.867. The molecule has 0 aromatic carbocycles. The van der Waals surface area contributed by atoms with Crippen molar-refractivity contribution in [3.8, 4) is 10.8 Å². The van der Waals surface area contributed by atoms with Crippen LogP contribution in [0.15, 0.2) is 10.2 Å². The molecule has 0 aliphatic rings. The van der Waals surface area contributed by atoms with E-state index in [1.54, 1.807) is 0 Å². The average molecular weight is 235 g/mol.